The number of morpholine rings is 1. The molecule has 2 aliphatic heterocycles. The first-order chi connectivity index (χ1) is 11.9. The molecule has 3 rings (SSSR count). The minimum Gasteiger partial charge on any atom is -0.378 e. The van der Waals surface area contributed by atoms with Gasteiger partial charge >= 0.3 is 0 Å². The molecular formula is C20H26N2O3. The third-order valence-corrected chi connectivity index (χ3v) is 4.67. The highest BCUT2D eigenvalue weighted by Gasteiger charge is 2.42. The number of hydrogen-bond acceptors (Lipinski definition) is 4. The Morgan fingerprint density at radius 2 is 1.76 bits per heavy atom. The van der Waals surface area contributed by atoms with Gasteiger partial charge in [-0.05, 0) is 30.9 Å². The van der Waals surface area contributed by atoms with Crippen LogP contribution in [-0.2, 0) is 14.3 Å². The lowest BCUT2D eigenvalue weighted by Gasteiger charge is -2.30. The van der Waals surface area contributed by atoms with E-state index in [4.69, 9.17) is 4.74 Å². The molecule has 0 radical (unpaired) electrons. The zero-order valence-corrected chi connectivity index (χ0v) is 15.5. The number of hydrogen-bond donors (Lipinski definition) is 0. The summed E-state index contributed by atoms with van der Waals surface area (Å²) in [5, 5.41) is 0. The molecule has 0 unspecified atom stereocenters. The maximum atomic E-state index is 13.1. The van der Waals surface area contributed by atoms with Gasteiger partial charge in [0.2, 0.25) is 0 Å². The van der Waals surface area contributed by atoms with Crippen molar-refractivity contribution in [3.8, 4) is 0 Å². The Balaban J connectivity index is 2.10. The van der Waals surface area contributed by atoms with Crippen molar-refractivity contribution in [3.63, 3.8) is 0 Å². The van der Waals surface area contributed by atoms with E-state index in [0.717, 1.165) is 16.7 Å². The number of carbonyl (C=O) groups is 2. The molecule has 1 saturated heterocycles. The first-order valence-corrected chi connectivity index (χ1v) is 8.91. The molecule has 1 fully saturated rings. The zero-order chi connectivity index (χ0) is 18.1. The molecular weight excluding hydrogens is 316 g/mol. The lowest BCUT2D eigenvalue weighted by Crippen LogP contribution is -2.41. The van der Waals surface area contributed by atoms with Gasteiger partial charge in [-0.3, -0.25) is 14.5 Å². The maximum absolute atomic E-state index is 13.1. The minimum absolute atomic E-state index is 0.171. The van der Waals surface area contributed by atoms with Gasteiger partial charge in [-0.1, -0.05) is 37.6 Å². The van der Waals surface area contributed by atoms with Crippen LogP contribution in [0.5, 0.6) is 0 Å². The van der Waals surface area contributed by atoms with Crippen LogP contribution in [0.3, 0.4) is 0 Å². The molecule has 0 N–H and O–H groups in total. The second kappa shape index (κ2) is 7.00. The van der Waals surface area contributed by atoms with Crippen LogP contribution in [0.1, 0.15) is 30.5 Å². The number of imide groups is 1. The summed E-state index contributed by atoms with van der Waals surface area (Å²) in [7, 11) is 0. The summed E-state index contributed by atoms with van der Waals surface area (Å²) in [6.07, 6.45) is 0. The topological polar surface area (TPSA) is 49.9 Å². The van der Waals surface area contributed by atoms with Crippen LogP contribution in [0.25, 0.3) is 5.57 Å². The SMILES string of the molecule is Cc1ccc(C2=C(N3CCOCC3)C(=O)N(CC(C)C)C2=O)c(C)c1. The van der Waals surface area contributed by atoms with Gasteiger partial charge in [0.25, 0.3) is 11.8 Å². The van der Waals surface area contributed by atoms with Crippen molar-refractivity contribution in [2.24, 2.45) is 5.92 Å². The molecule has 134 valence electrons. The lowest BCUT2D eigenvalue weighted by molar-refractivity contribution is -0.138. The monoisotopic (exact) mass is 342 g/mol. The van der Waals surface area contributed by atoms with Gasteiger partial charge in [0.15, 0.2) is 0 Å². The predicted molar refractivity (Wildman–Crippen MR) is 96.8 cm³/mol. The van der Waals surface area contributed by atoms with Crippen molar-refractivity contribution in [1.29, 1.82) is 0 Å². The molecule has 5 heteroatoms. The number of ether oxygens (including phenoxy) is 1. The molecule has 2 amide bonds. The Hall–Kier alpha value is -2.14. The van der Waals surface area contributed by atoms with E-state index in [2.05, 4.69) is 6.07 Å². The predicted octanol–water partition coefficient (Wildman–Crippen LogP) is 2.37. The molecule has 0 spiro atoms. The summed E-state index contributed by atoms with van der Waals surface area (Å²) in [4.78, 5) is 29.6. The number of carbonyl (C=O) groups excluding carboxylic acids is 2. The first-order valence-electron chi connectivity index (χ1n) is 8.91. The summed E-state index contributed by atoms with van der Waals surface area (Å²) in [6, 6.07) is 6.02. The van der Waals surface area contributed by atoms with Crippen LogP contribution in [0.15, 0.2) is 23.9 Å². The van der Waals surface area contributed by atoms with Gasteiger partial charge in [-0.15, -0.1) is 0 Å². The van der Waals surface area contributed by atoms with Crippen LogP contribution in [0.2, 0.25) is 0 Å². The van der Waals surface area contributed by atoms with E-state index in [1.807, 2.05) is 44.7 Å². The van der Waals surface area contributed by atoms with Crippen LogP contribution in [0, 0.1) is 19.8 Å². The Kier molecular flexibility index (Phi) is 4.95. The van der Waals surface area contributed by atoms with Crippen LogP contribution < -0.4 is 0 Å². The number of rotatable bonds is 4. The molecule has 1 aromatic carbocycles. The fraction of sp³-hybridized carbons (Fsp3) is 0.500. The largest absolute Gasteiger partial charge is 0.378 e. The number of amides is 2. The molecule has 25 heavy (non-hydrogen) atoms. The minimum atomic E-state index is -0.174. The molecule has 0 saturated carbocycles. The second-order valence-corrected chi connectivity index (χ2v) is 7.26. The van der Waals surface area contributed by atoms with Gasteiger partial charge in [0.1, 0.15) is 5.70 Å². The van der Waals surface area contributed by atoms with Gasteiger partial charge in [0, 0.05) is 19.6 Å². The molecule has 0 atom stereocenters. The Morgan fingerprint density at radius 3 is 2.36 bits per heavy atom. The van der Waals surface area contributed by atoms with Crippen LogP contribution in [-0.4, -0.2) is 54.5 Å². The molecule has 1 aromatic rings. The summed E-state index contributed by atoms with van der Waals surface area (Å²) in [5.41, 5.74) is 4.11. The molecule has 5 nitrogen and oxygen atoms in total. The highest BCUT2D eigenvalue weighted by atomic mass is 16.5. The summed E-state index contributed by atoms with van der Waals surface area (Å²) in [6.45, 7) is 10.9. The van der Waals surface area contributed by atoms with Gasteiger partial charge < -0.3 is 9.64 Å². The van der Waals surface area contributed by atoms with E-state index >= 15 is 0 Å². The first kappa shape index (κ1) is 17.7. The van der Waals surface area contributed by atoms with Gasteiger partial charge in [-0.2, -0.15) is 0 Å². The van der Waals surface area contributed by atoms with Crippen molar-refractivity contribution < 1.29 is 14.3 Å². The van der Waals surface area contributed by atoms with Crippen LogP contribution in [0.4, 0.5) is 0 Å². The Morgan fingerprint density at radius 1 is 1.08 bits per heavy atom. The average molecular weight is 342 g/mol. The van der Waals surface area contributed by atoms with Crippen molar-refractivity contribution in [3.05, 3.63) is 40.6 Å². The fourth-order valence-corrected chi connectivity index (χ4v) is 3.51. The number of nitrogens with zero attached hydrogens (tertiary/aromatic N) is 2. The van der Waals surface area contributed by atoms with Crippen molar-refractivity contribution in [1.82, 2.24) is 9.80 Å². The molecule has 2 aliphatic rings. The summed E-state index contributed by atoms with van der Waals surface area (Å²) >= 11 is 0. The van der Waals surface area contributed by atoms with Crippen molar-refractivity contribution >= 4 is 17.4 Å². The Bertz CT molecular complexity index is 730. The summed E-state index contributed by atoms with van der Waals surface area (Å²) < 4.78 is 5.42. The molecule has 0 aliphatic carbocycles. The van der Waals surface area contributed by atoms with Crippen molar-refractivity contribution in [2.75, 3.05) is 32.8 Å². The highest BCUT2D eigenvalue weighted by Crippen LogP contribution is 2.34. The standard InChI is InChI=1S/C20H26N2O3/c1-13(2)12-22-19(23)17(16-6-5-14(3)11-15(16)4)18(20(22)24)21-7-9-25-10-8-21/h5-6,11,13H,7-10,12H2,1-4H3. The average Bonchev–Trinajstić information content (AvgIpc) is 2.80. The molecule has 2 heterocycles. The quantitative estimate of drug-likeness (QED) is 0.788. The zero-order valence-electron chi connectivity index (χ0n) is 15.5. The third-order valence-electron chi connectivity index (χ3n) is 4.67. The van der Waals surface area contributed by atoms with Gasteiger partial charge in [0.05, 0.1) is 18.8 Å². The van der Waals surface area contributed by atoms with E-state index in [0.29, 0.717) is 44.1 Å². The Labute approximate surface area is 149 Å². The highest BCUT2D eigenvalue weighted by molar-refractivity contribution is 6.35. The van der Waals surface area contributed by atoms with E-state index in [-0.39, 0.29) is 17.7 Å². The maximum Gasteiger partial charge on any atom is 0.277 e. The van der Waals surface area contributed by atoms with Crippen LogP contribution >= 0.6 is 0 Å². The van der Waals surface area contributed by atoms with E-state index < -0.39 is 0 Å². The molecule has 0 bridgehead atoms. The molecule has 0 aromatic heterocycles. The van der Waals surface area contributed by atoms with Gasteiger partial charge in [-0.25, -0.2) is 0 Å². The normalized spacial score (nSPS) is 18.8. The number of benzene rings is 1. The summed E-state index contributed by atoms with van der Waals surface area (Å²) in [5.74, 6) is -0.111. The number of aryl methyl sites for hydroxylation is 2. The van der Waals surface area contributed by atoms with E-state index in [9.17, 15) is 9.59 Å². The smallest absolute Gasteiger partial charge is 0.277 e. The van der Waals surface area contributed by atoms with E-state index in [1.165, 1.54) is 4.90 Å². The van der Waals surface area contributed by atoms with Crippen molar-refractivity contribution in [2.45, 2.75) is 27.7 Å². The second-order valence-electron chi connectivity index (χ2n) is 7.26. The fourth-order valence-electron chi connectivity index (χ4n) is 3.51. The van der Waals surface area contributed by atoms with E-state index in [1.54, 1.807) is 0 Å². The third kappa shape index (κ3) is 3.33. The lowest BCUT2D eigenvalue weighted by atomic mass is 9.97.